The number of pyridine rings is 1. The molecule has 0 N–H and O–H groups in total. The predicted octanol–water partition coefficient (Wildman–Crippen LogP) is 2.36. The zero-order valence-corrected chi connectivity index (χ0v) is 7.69. The third kappa shape index (κ3) is 1.30. The molecule has 0 bridgehead atoms. The number of ether oxygens (including phenoxy) is 2. The van der Waals surface area contributed by atoms with E-state index in [-0.39, 0.29) is 0 Å². The van der Waals surface area contributed by atoms with E-state index in [0.717, 1.165) is 10.2 Å². The van der Waals surface area contributed by atoms with Crippen LogP contribution in [0.15, 0.2) is 35.3 Å². The van der Waals surface area contributed by atoms with E-state index in [4.69, 9.17) is 9.47 Å². The Morgan fingerprint density at radius 3 is 2.75 bits per heavy atom. The summed E-state index contributed by atoms with van der Waals surface area (Å²) in [5, 5.41) is 0. The SMILES string of the molecule is Brc1cccnc1C1OC=CO1. The van der Waals surface area contributed by atoms with Crippen LogP contribution in [0.2, 0.25) is 0 Å². The fourth-order valence-corrected chi connectivity index (χ4v) is 1.38. The van der Waals surface area contributed by atoms with Crippen LogP contribution in [0.4, 0.5) is 0 Å². The molecule has 2 heterocycles. The molecule has 0 aromatic carbocycles. The first-order chi connectivity index (χ1) is 5.88. The minimum atomic E-state index is -0.402. The molecule has 0 amide bonds. The van der Waals surface area contributed by atoms with Crippen molar-refractivity contribution in [2.24, 2.45) is 0 Å². The summed E-state index contributed by atoms with van der Waals surface area (Å²) in [4.78, 5) is 4.12. The Kier molecular flexibility index (Phi) is 1.99. The lowest BCUT2D eigenvalue weighted by atomic mass is 10.3. The topological polar surface area (TPSA) is 31.4 Å². The van der Waals surface area contributed by atoms with Crippen LogP contribution in [0.25, 0.3) is 0 Å². The molecule has 0 aliphatic carbocycles. The minimum Gasteiger partial charge on any atom is -0.454 e. The van der Waals surface area contributed by atoms with Crippen LogP contribution in [0.5, 0.6) is 0 Å². The number of halogens is 1. The Morgan fingerprint density at radius 1 is 1.33 bits per heavy atom. The molecule has 12 heavy (non-hydrogen) atoms. The Bertz CT molecular complexity index is 306. The van der Waals surface area contributed by atoms with Gasteiger partial charge in [-0.3, -0.25) is 4.98 Å². The lowest BCUT2D eigenvalue weighted by Gasteiger charge is -2.09. The molecule has 0 saturated heterocycles. The molecule has 4 heteroatoms. The van der Waals surface area contributed by atoms with Crippen LogP contribution in [0.3, 0.4) is 0 Å². The smallest absolute Gasteiger partial charge is 0.284 e. The van der Waals surface area contributed by atoms with Gasteiger partial charge < -0.3 is 9.47 Å². The molecular formula is C8H6BrNO2. The van der Waals surface area contributed by atoms with Crippen molar-refractivity contribution in [2.45, 2.75) is 6.29 Å². The van der Waals surface area contributed by atoms with Crippen LogP contribution in [-0.2, 0) is 9.47 Å². The molecule has 1 aliphatic rings. The third-order valence-electron chi connectivity index (χ3n) is 1.47. The number of hydrogen-bond donors (Lipinski definition) is 0. The summed E-state index contributed by atoms with van der Waals surface area (Å²) in [7, 11) is 0. The summed E-state index contributed by atoms with van der Waals surface area (Å²) in [5.41, 5.74) is 0.752. The predicted molar refractivity (Wildman–Crippen MR) is 46.0 cm³/mol. The highest BCUT2D eigenvalue weighted by Gasteiger charge is 2.19. The van der Waals surface area contributed by atoms with Crippen molar-refractivity contribution >= 4 is 15.9 Å². The van der Waals surface area contributed by atoms with Gasteiger partial charge in [0.25, 0.3) is 6.29 Å². The second kappa shape index (κ2) is 3.15. The van der Waals surface area contributed by atoms with Crippen molar-refractivity contribution < 1.29 is 9.47 Å². The van der Waals surface area contributed by atoms with E-state index in [1.54, 1.807) is 6.20 Å². The van der Waals surface area contributed by atoms with Crippen molar-refractivity contribution in [1.82, 2.24) is 4.98 Å². The van der Waals surface area contributed by atoms with Gasteiger partial charge in [0.15, 0.2) is 0 Å². The molecule has 0 fully saturated rings. The summed E-state index contributed by atoms with van der Waals surface area (Å²) < 4.78 is 11.1. The van der Waals surface area contributed by atoms with Crippen LogP contribution in [-0.4, -0.2) is 4.98 Å². The second-order valence-corrected chi connectivity index (χ2v) is 3.10. The minimum absolute atomic E-state index is 0.402. The van der Waals surface area contributed by atoms with Gasteiger partial charge in [-0.05, 0) is 28.1 Å². The van der Waals surface area contributed by atoms with E-state index in [1.165, 1.54) is 12.5 Å². The van der Waals surface area contributed by atoms with Crippen LogP contribution < -0.4 is 0 Å². The summed E-state index contributed by atoms with van der Waals surface area (Å²) in [6.45, 7) is 0. The van der Waals surface area contributed by atoms with Crippen molar-refractivity contribution in [3.8, 4) is 0 Å². The lowest BCUT2D eigenvalue weighted by Crippen LogP contribution is -2.01. The van der Waals surface area contributed by atoms with Gasteiger partial charge in [0, 0.05) is 10.7 Å². The molecule has 1 aliphatic heterocycles. The Balaban J connectivity index is 2.27. The normalized spacial score (nSPS) is 15.8. The van der Waals surface area contributed by atoms with Crippen LogP contribution in [0.1, 0.15) is 12.0 Å². The zero-order chi connectivity index (χ0) is 8.39. The maximum absolute atomic E-state index is 5.12. The Morgan fingerprint density at radius 2 is 2.08 bits per heavy atom. The molecule has 0 saturated carbocycles. The van der Waals surface area contributed by atoms with Gasteiger partial charge in [0.1, 0.15) is 18.2 Å². The highest BCUT2D eigenvalue weighted by Crippen LogP contribution is 2.27. The molecular weight excluding hydrogens is 222 g/mol. The van der Waals surface area contributed by atoms with E-state index in [2.05, 4.69) is 20.9 Å². The zero-order valence-electron chi connectivity index (χ0n) is 6.11. The fourth-order valence-electron chi connectivity index (χ4n) is 0.939. The number of hydrogen-bond acceptors (Lipinski definition) is 3. The Hall–Kier alpha value is -1.03. The first-order valence-corrected chi connectivity index (χ1v) is 4.23. The maximum Gasteiger partial charge on any atom is 0.284 e. The largest absolute Gasteiger partial charge is 0.454 e. The molecule has 3 nitrogen and oxygen atoms in total. The second-order valence-electron chi connectivity index (χ2n) is 2.25. The van der Waals surface area contributed by atoms with Crippen molar-refractivity contribution in [3.63, 3.8) is 0 Å². The van der Waals surface area contributed by atoms with Crippen molar-refractivity contribution in [2.75, 3.05) is 0 Å². The highest BCUT2D eigenvalue weighted by molar-refractivity contribution is 9.10. The summed E-state index contributed by atoms with van der Waals surface area (Å²) in [6, 6.07) is 3.74. The lowest BCUT2D eigenvalue weighted by molar-refractivity contribution is -0.0285. The van der Waals surface area contributed by atoms with Gasteiger partial charge in [0.05, 0.1) is 0 Å². The molecule has 2 rings (SSSR count). The van der Waals surface area contributed by atoms with E-state index in [1.807, 2.05) is 12.1 Å². The maximum atomic E-state index is 5.12. The third-order valence-corrected chi connectivity index (χ3v) is 2.14. The first-order valence-electron chi connectivity index (χ1n) is 3.44. The van der Waals surface area contributed by atoms with E-state index < -0.39 is 6.29 Å². The van der Waals surface area contributed by atoms with E-state index in [0.29, 0.717) is 0 Å². The molecule has 62 valence electrons. The van der Waals surface area contributed by atoms with Crippen LogP contribution >= 0.6 is 15.9 Å². The van der Waals surface area contributed by atoms with Crippen molar-refractivity contribution in [3.05, 3.63) is 41.0 Å². The first kappa shape index (κ1) is 7.61. The Labute approximate surface area is 78.1 Å². The van der Waals surface area contributed by atoms with Gasteiger partial charge in [-0.1, -0.05) is 0 Å². The summed E-state index contributed by atoms with van der Waals surface area (Å²) in [6.07, 6.45) is 4.31. The number of aromatic nitrogens is 1. The fraction of sp³-hybridized carbons (Fsp3) is 0.125. The summed E-state index contributed by atoms with van der Waals surface area (Å²) >= 11 is 3.36. The van der Waals surface area contributed by atoms with E-state index >= 15 is 0 Å². The molecule has 0 radical (unpaired) electrons. The number of nitrogens with zero attached hydrogens (tertiary/aromatic N) is 1. The van der Waals surface area contributed by atoms with Crippen molar-refractivity contribution in [1.29, 1.82) is 0 Å². The molecule has 0 atom stereocenters. The van der Waals surface area contributed by atoms with E-state index in [9.17, 15) is 0 Å². The average molecular weight is 228 g/mol. The van der Waals surface area contributed by atoms with Gasteiger partial charge in [-0.25, -0.2) is 0 Å². The number of rotatable bonds is 1. The van der Waals surface area contributed by atoms with Gasteiger partial charge in [-0.2, -0.15) is 0 Å². The standard InChI is InChI=1S/C8H6BrNO2/c9-6-2-1-3-10-7(6)8-11-4-5-12-8/h1-5,8H. The van der Waals surface area contributed by atoms with Gasteiger partial charge in [0.2, 0.25) is 0 Å². The van der Waals surface area contributed by atoms with Gasteiger partial charge >= 0.3 is 0 Å². The quantitative estimate of drug-likeness (QED) is 0.739. The average Bonchev–Trinajstić information content (AvgIpc) is 2.57. The molecule has 1 aromatic rings. The van der Waals surface area contributed by atoms with Crippen LogP contribution in [0, 0.1) is 0 Å². The highest BCUT2D eigenvalue weighted by atomic mass is 79.9. The summed E-state index contributed by atoms with van der Waals surface area (Å²) in [5.74, 6) is 0. The monoisotopic (exact) mass is 227 g/mol. The molecule has 1 aromatic heterocycles. The van der Waals surface area contributed by atoms with Gasteiger partial charge in [-0.15, -0.1) is 0 Å². The molecule has 0 spiro atoms. The molecule has 0 unspecified atom stereocenters.